The van der Waals surface area contributed by atoms with Crippen LogP contribution >= 0.6 is 27.5 Å². The molecule has 3 nitrogen and oxygen atoms in total. The van der Waals surface area contributed by atoms with Crippen molar-refractivity contribution in [3.05, 3.63) is 39.3 Å². The van der Waals surface area contributed by atoms with Gasteiger partial charge < -0.3 is 0 Å². The van der Waals surface area contributed by atoms with Crippen LogP contribution in [-0.2, 0) is 6.18 Å². The van der Waals surface area contributed by atoms with E-state index in [0.29, 0.717) is 16.0 Å². The summed E-state index contributed by atoms with van der Waals surface area (Å²) in [5, 5.41) is 7.79. The molecule has 0 saturated heterocycles. The van der Waals surface area contributed by atoms with Crippen LogP contribution in [0.25, 0.3) is 5.69 Å². The number of hydrogen-bond acceptors (Lipinski definition) is 2. The monoisotopic (exact) mass is 365 g/mol. The largest absolute Gasteiger partial charge is 0.416 e. The summed E-state index contributed by atoms with van der Waals surface area (Å²) in [5.41, 5.74) is -0.432. The van der Waals surface area contributed by atoms with Gasteiger partial charge in [-0.2, -0.15) is 13.2 Å². The third-order valence-corrected chi connectivity index (χ3v) is 4.02. The van der Waals surface area contributed by atoms with Crippen molar-refractivity contribution < 1.29 is 13.2 Å². The van der Waals surface area contributed by atoms with Crippen molar-refractivity contribution in [1.82, 2.24) is 14.8 Å². The number of hydrogen-bond donors (Lipinski definition) is 0. The molecule has 1 aliphatic rings. The third-order valence-electron chi connectivity index (χ3n) is 3.11. The lowest BCUT2D eigenvalue weighted by Gasteiger charge is -2.13. The first-order chi connectivity index (χ1) is 9.38. The van der Waals surface area contributed by atoms with Gasteiger partial charge in [0.2, 0.25) is 5.28 Å². The molecule has 1 aromatic carbocycles. The van der Waals surface area contributed by atoms with E-state index in [4.69, 9.17) is 11.6 Å². The van der Waals surface area contributed by atoms with Gasteiger partial charge in [-0.15, -0.1) is 10.2 Å². The molecule has 0 bridgehead atoms. The Morgan fingerprint density at radius 2 is 1.95 bits per heavy atom. The topological polar surface area (TPSA) is 30.7 Å². The van der Waals surface area contributed by atoms with Crippen molar-refractivity contribution >= 4 is 27.5 Å². The van der Waals surface area contributed by atoms with E-state index in [2.05, 4.69) is 26.1 Å². The van der Waals surface area contributed by atoms with Gasteiger partial charge in [-0.25, -0.2) is 0 Å². The van der Waals surface area contributed by atoms with E-state index in [1.807, 2.05) is 0 Å². The molecule has 1 saturated carbocycles. The minimum absolute atomic E-state index is 0.0620. The Bertz CT molecular complexity index is 664. The van der Waals surface area contributed by atoms with Gasteiger partial charge in [-0.1, -0.05) is 0 Å². The van der Waals surface area contributed by atoms with Crippen molar-refractivity contribution in [3.8, 4) is 5.69 Å². The van der Waals surface area contributed by atoms with Gasteiger partial charge in [0, 0.05) is 10.4 Å². The van der Waals surface area contributed by atoms with Gasteiger partial charge in [0.05, 0.1) is 11.3 Å². The molecular formula is C12H8BrClF3N3. The van der Waals surface area contributed by atoms with E-state index in [-0.39, 0.29) is 11.2 Å². The molecule has 3 rings (SSSR count). The minimum Gasteiger partial charge on any atom is -0.268 e. The fourth-order valence-electron chi connectivity index (χ4n) is 1.97. The zero-order chi connectivity index (χ0) is 14.5. The number of alkyl halides is 3. The van der Waals surface area contributed by atoms with Crippen molar-refractivity contribution in [3.63, 3.8) is 0 Å². The molecular weight excluding hydrogens is 359 g/mol. The molecule has 1 heterocycles. The molecule has 20 heavy (non-hydrogen) atoms. The highest BCUT2D eigenvalue weighted by molar-refractivity contribution is 9.10. The summed E-state index contributed by atoms with van der Waals surface area (Å²) in [6, 6.07) is 3.42. The van der Waals surface area contributed by atoms with Gasteiger partial charge in [-0.3, -0.25) is 4.57 Å². The SMILES string of the molecule is FC(F)(F)c1ccc(Br)c(-n2c(Cl)nnc2C2CC2)c1. The lowest BCUT2D eigenvalue weighted by molar-refractivity contribution is -0.137. The Kier molecular flexibility index (Phi) is 3.29. The molecule has 1 fully saturated rings. The zero-order valence-corrected chi connectivity index (χ0v) is 12.3. The van der Waals surface area contributed by atoms with Gasteiger partial charge in [0.25, 0.3) is 0 Å². The van der Waals surface area contributed by atoms with Crippen molar-refractivity contribution in [2.45, 2.75) is 24.9 Å². The van der Waals surface area contributed by atoms with Crippen LogP contribution in [0.3, 0.4) is 0 Å². The molecule has 0 unspecified atom stereocenters. The maximum Gasteiger partial charge on any atom is 0.416 e. The Morgan fingerprint density at radius 3 is 2.55 bits per heavy atom. The van der Waals surface area contributed by atoms with Gasteiger partial charge in [0.15, 0.2) is 0 Å². The summed E-state index contributed by atoms with van der Waals surface area (Å²) in [5.74, 6) is 0.825. The first-order valence-corrected chi connectivity index (χ1v) is 7.03. The van der Waals surface area contributed by atoms with E-state index in [0.717, 1.165) is 25.0 Å². The van der Waals surface area contributed by atoms with Crippen molar-refractivity contribution in [2.24, 2.45) is 0 Å². The first kappa shape index (κ1) is 13.9. The highest BCUT2D eigenvalue weighted by atomic mass is 79.9. The normalized spacial score (nSPS) is 15.7. The Labute approximate surface area is 125 Å². The second-order valence-electron chi connectivity index (χ2n) is 4.60. The molecule has 1 aromatic heterocycles. The van der Waals surface area contributed by atoms with E-state index in [1.165, 1.54) is 10.6 Å². The number of rotatable bonds is 2. The summed E-state index contributed by atoms with van der Waals surface area (Å²) in [6.45, 7) is 0. The van der Waals surface area contributed by atoms with Crippen molar-refractivity contribution in [2.75, 3.05) is 0 Å². The van der Waals surface area contributed by atoms with Crippen LogP contribution in [0, 0.1) is 0 Å². The first-order valence-electron chi connectivity index (χ1n) is 5.86. The fourth-order valence-corrected chi connectivity index (χ4v) is 2.60. The van der Waals surface area contributed by atoms with E-state index >= 15 is 0 Å². The Hall–Kier alpha value is -1.08. The van der Waals surface area contributed by atoms with E-state index < -0.39 is 11.7 Å². The van der Waals surface area contributed by atoms with Crippen molar-refractivity contribution in [1.29, 1.82) is 0 Å². The molecule has 0 spiro atoms. The molecule has 1 aliphatic carbocycles. The second-order valence-corrected chi connectivity index (χ2v) is 5.79. The molecule has 2 aromatic rings. The molecule has 0 aliphatic heterocycles. The van der Waals surface area contributed by atoms with Crippen LogP contribution in [0.4, 0.5) is 13.2 Å². The molecule has 0 radical (unpaired) electrons. The summed E-state index contributed by atoms with van der Waals surface area (Å²) in [7, 11) is 0. The number of benzene rings is 1. The summed E-state index contributed by atoms with van der Waals surface area (Å²) >= 11 is 9.23. The Morgan fingerprint density at radius 1 is 1.25 bits per heavy atom. The summed E-state index contributed by atoms with van der Waals surface area (Å²) < 4.78 is 40.5. The van der Waals surface area contributed by atoms with Crippen LogP contribution in [0.15, 0.2) is 22.7 Å². The number of aromatic nitrogens is 3. The maximum atomic E-state index is 12.8. The lowest BCUT2D eigenvalue weighted by atomic mass is 10.2. The average molecular weight is 367 g/mol. The average Bonchev–Trinajstić information content (AvgIpc) is 3.13. The molecule has 106 valence electrons. The van der Waals surface area contributed by atoms with Crippen LogP contribution in [0.1, 0.15) is 30.1 Å². The predicted molar refractivity (Wildman–Crippen MR) is 71.0 cm³/mol. The number of nitrogens with zero attached hydrogens (tertiary/aromatic N) is 3. The second kappa shape index (κ2) is 4.73. The van der Waals surface area contributed by atoms with E-state index in [1.54, 1.807) is 0 Å². The smallest absolute Gasteiger partial charge is 0.268 e. The molecule has 0 N–H and O–H groups in total. The molecule has 8 heteroatoms. The van der Waals surface area contributed by atoms with Crippen LogP contribution in [0.5, 0.6) is 0 Å². The summed E-state index contributed by atoms with van der Waals surface area (Å²) in [4.78, 5) is 0. The van der Waals surface area contributed by atoms with Gasteiger partial charge >= 0.3 is 6.18 Å². The summed E-state index contributed by atoms with van der Waals surface area (Å²) in [6.07, 6.45) is -2.51. The quantitative estimate of drug-likeness (QED) is 0.779. The maximum absolute atomic E-state index is 12.8. The van der Waals surface area contributed by atoms with Gasteiger partial charge in [-0.05, 0) is 58.6 Å². The Balaban J connectivity index is 2.16. The predicted octanol–water partition coefficient (Wildman–Crippen LogP) is 4.58. The molecule has 0 amide bonds. The molecule has 0 atom stereocenters. The van der Waals surface area contributed by atoms with Crippen LogP contribution in [0.2, 0.25) is 5.28 Å². The fraction of sp³-hybridized carbons (Fsp3) is 0.333. The zero-order valence-electron chi connectivity index (χ0n) is 9.96. The van der Waals surface area contributed by atoms with Gasteiger partial charge in [0.1, 0.15) is 5.82 Å². The van der Waals surface area contributed by atoms with Crippen LogP contribution < -0.4 is 0 Å². The standard InChI is InChI=1S/C12H8BrClF3N3/c13-8-4-3-7(12(15,16)17)5-9(8)20-10(6-1-2-6)18-19-11(20)14/h3-6H,1-2H2. The lowest BCUT2D eigenvalue weighted by Crippen LogP contribution is -2.08. The van der Waals surface area contributed by atoms with Crippen LogP contribution in [-0.4, -0.2) is 14.8 Å². The highest BCUT2D eigenvalue weighted by Crippen LogP contribution is 2.42. The number of halogens is 5. The third kappa shape index (κ3) is 2.44. The highest BCUT2D eigenvalue weighted by Gasteiger charge is 2.34. The van der Waals surface area contributed by atoms with E-state index in [9.17, 15) is 13.2 Å². The minimum atomic E-state index is -4.41.